The number of hydrogen-bond acceptors (Lipinski definition) is 6. The largest absolute Gasteiger partial charge is 0.475 e. The summed E-state index contributed by atoms with van der Waals surface area (Å²) in [4.78, 5) is 10.3. The normalized spacial score (nSPS) is 20.1. The van der Waals surface area contributed by atoms with Crippen molar-refractivity contribution < 1.29 is 27.7 Å². The highest BCUT2D eigenvalue weighted by Crippen LogP contribution is 2.52. The zero-order valence-corrected chi connectivity index (χ0v) is 8.12. The first-order chi connectivity index (χ1) is 6.12. The lowest BCUT2D eigenvalue weighted by Gasteiger charge is -2.08. The zero-order chi connectivity index (χ0) is 9.73. The standard InChI is InChI=1S/C6H11O6P/c1-6(7)9-2-3-10-13(8)11-4-5-12-13/h2-5H2,1H3. The molecule has 0 atom stereocenters. The average Bonchev–Trinajstić information content (AvgIpc) is 2.47. The van der Waals surface area contributed by atoms with Crippen LogP contribution in [0.15, 0.2) is 0 Å². The maximum Gasteiger partial charge on any atom is 0.475 e. The number of esters is 1. The molecule has 13 heavy (non-hydrogen) atoms. The predicted molar refractivity (Wildman–Crippen MR) is 42.1 cm³/mol. The molecule has 0 amide bonds. The molecule has 0 saturated carbocycles. The van der Waals surface area contributed by atoms with Crippen LogP contribution < -0.4 is 0 Å². The van der Waals surface area contributed by atoms with Crippen LogP contribution in [-0.2, 0) is 27.7 Å². The zero-order valence-electron chi connectivity index (χ0n) is 7.23. The molecule has 0 spiro atoms. The van der Waals surface area contributed by atoms with Crippen LogP contribution in [0.1, 0.15) is 6.92 Å². The monoisotopic (exact) mass is 210 g/mol. The maximum atomic E-state index is 11.3. The minimum Gasteiger partial charge on any atom is -0.463 e. The van der Waals surface area contributed by atoms with E-state index in [1.165, 1.54) is 6.92 Å². The molecule has 0 aliphatic carbocycles. The van der Waals surface area contributed by atoms with Crippen molar-refractivity contribution in [2.24, 2.45) is 0 Å². The Balaban J connectivity index is 2.11. The second-order valence-electron chi connectivity index (χ2n) is 2.29. The first kappa shape index (κ1) is 10.7. The highest BCUT2D eigenvalue weighted by molar-refractivity contribution is 7.48. The van der Waals surface area contributed by atoms with E-state index in [9.17, 15) is 9.36 Å². The first-order valence-corrected chi connectivity index (χ1v) is 5.25. The van der Waals surface area contributed by atoms with Crippen LogP contribution in [0.25, 0.3) is 0 Å². The molecule has 1 heterocycles. The van der Waals surface area contributed by atoms with Crippen molar-refractivity contribution in [2.45, 2.75) is 6.92 Å². The molecule has 1 fully saturated rings. The van der Waals surface area contributed by atoms with E-state index in [2.05, 4.69) is 4.74 Å². The lowest BCUT2D eigenvalue weighted by molar-refractivity contribution is -0.141. The van der Waals surface area contributed by atoms with Gasteiger partial charge in [-0.1, -0.05) is 0 Å². The summed E-state index contributed by atoms with van der Waals surface area (Å²) in [5.74, 6) is -0.407. The fourth-order valence-corrected chi connectivity index (χ4v) is 1.86. The van der Waals surface area contributed by atoms with Gasteiger partial charge in [0.25, 0.3) is 0 Å². The minimum absolute atomic E-state index is 0.0108. The van der Waals surface area contributed by atoms with Gasteiger partial charge >= 0.3 is 13.8 Å². The van der Waals surface area contributed by atoms with Crippen LogP contribution >= 0.6 is 7.82 Å². The Morgan fingerprint density at radius 1 is 1.38 bits per heavy atom. The summed E-state index contributed by atoms with van der Waals surface area (Å²) in [5.41, 5.74) is 0. The molecule has 0 bridgehead atoms. The smallest absolute Gasteiger partial charge is 0.463 e. The minimum atomic E-state index is -3.32. The fourth-order valence-electron chi connectivity index (χ4n) is 0.744. The Kier molecular flexibility index (Phi) is 3.87. The number of rotatable bonds is 4. The number of hydrogen-bond donors (Lipinski definition) is 0. The van der Waals surface area contributed by atoms with Gasteiger partial charge < -0.3 is 4.74 Å². The summed E-state index contributed by atoms with van der Waals surface area (Å²) < 4.78 is 30.0. The highest BCUT2D eigenvalue weighted by atomic mass is 31.2. The molecule has 0 aromatic heterocycles. The Hall–Kier alpha value is -0.420. The van der Waals surface area contributed by atoms with Crippen molar-refractivity contribution in [2.75, 3.05) is 26.4 Å². The van der Waals surface area contributed by atoms with Gasteiger partial charge in [-0.2, -0.15) is 0 Å². The lowest BCUT2D eigenvalue weighted by atomic mass is 10.7. The summed E-state index contributed by atoms with van der Waals surface area (Å²) in [6.07, 6.45) is 0. The summed E-state index contributed by atoms with van der Waals surface area (Å²) in [6, 6.07) is 0. The van der Waals surface area contributed by atoms with Gasteiger partial charge in [0.05, 0.1) is 19.8 Å². The Morgan fingerprint density at radius 2 is 2.00 bits per heavy atom. The van der Waals surface area contributed by atoms with Gasteiger partial charge in [-0.25, -0.2) is 4.57 Å². The summed E-state index contributed by atoms with van der Waals surface area (Å²) >= 11 is 0. The second kappa shape index (κ2) is 4.72. The second-order valence-corrected chi connectivity index (χ2v) is 3.96. The van der Waals surface area contributed by atoms with E-state index >= 15 is 0 Å². The number of carbonyl (C=O) groups excluding carboxylic acids is 1. The van der Waals surface area contributed by atoms with Gasteiger partial charge in [-0.05, 0) is 0 Å². The van der Waals surface area contributed by atoms with E-state index in [0.717, 1.165) is 0 Å². The van der Waals surface area contributed by atoms with E-state index < -0.39 is 13.8 Å². The van der Waals surface area contributed by atoms with Crippen molar-refractivity contribution >= 4 is 13.8 Å². The number of phosphoric ester groups is 1. The third-order valence-electron chi connectivity index (χ3n) is 1.22. The summed E-state index contributed by atoms with van der Waals surface area (Å²) in [6.45, 7) is 1.88. The predicted octanol–water partition coefficient (Wildman–Crippen LogP) is 0.721. The topological polar surface area (TPSA) is 71.1 Å². The van der Waals surface area contributed by atoms with Gasteiger partial charge in [0, 0.05) is 6.92 Å². The van der Waals surface area contributed by atoms with E-state index in [0.29, 0.717) is 0 Å². The average molecular weight is 210 g/mol. The van der Waals surface area contributed by atoms with Crippen LogP contribution in [0.2, 0.25) is 0 Å². The quantitative estimate of drug-likeness (QED) is 0.386. The number of carbonyl (C=O) groups is 1. The van der Waals surface area contributed by atoms with E-state index in [1.54, 1.807) is 0 Å². The molecule has 1 aliphatic rings. The van der Waals surface area contributed by atoms with Crippen molar-refractivity contribution in [3.63, 3.8) is 0 Å². The number of phosphoric acid groups is 1. The van der Waals surface area contributed by atoms with E-state index in [4.69, 9.17) is 13.6 Å². The van der Waals surface area contributed by atoms with Crippen molar-refractivity contribution in [1.82, 2.24) is 0 Å². The number of ether oxygens (including phenoxy) is 1. The van der Waals surface area contributed by atoms with Crippen LogP contribution in [0.5, 0.6) is 0 Å². The molecule has 1 saturated heterocycles. The molecule has 0 N–H and O–H groups in total. The molecule has 0 aromatic carbocycles. The van der Waals surface area contributed by atoms with Crippen molar-refractivity contribution in [1.29, 1.82) is 0 Å². The van der Waals surface area contributed by atoms with E-state index in [-0.39, 0.29) is 26.4 Å². The van der Waals surface area contributed by atoms with Gasteiger partial charge in [-0.15, -0.1) is 0 Å². The van der Waals surface area contributed by atoms with Gasteiger partial charge in [0.15, 0.2) is 0 Å². The van der Waals surface area contributed by atoms with Gasteiger partial charge in [0.1, 0.15) is 6.61 Å². The molecular weight excluding hydrogens is 199 g/mol. The molecule has 7 heteroatoms. The Morgan fingerprint density at radius 3 is 2.54 bits per heavy atom. The fraction of sp³-hybridized carbons (Fsp3) is 0.833. The van der Waals surface area contributed by atoms with Crippen molar-refractivity contribution in [3.8, 4) is 0 Å². The van der Waals surface area contributed by atoms with Crippen LogP contribution in [0.3, 0.4) is 0 Å². The molecule has 0 aromatic rings. The lowest BCUT2D eigenvalue weighted by Crippen LogP contribution is -2.06. The van der Waals surface area contributed by atoms with E-state index in [1.807, 2.05) is 0 Å². The molecule has 1 rings (SSSR count). The third-order valence-corrected chi connectivity index (χ3v) is 2.72. The molecule has 0 radical (unpaired) electrons. The molecule has 1 aliphatic heterocycles. The molecule has 76 valence electrons. The highest BCUT2D eigenvalue weighted by Gasteiger charge is 2.31. The van der Waals surface area contributed by atoms with Gasteiger partial charge in [-0.3, -0.25) is 18.4 Å². The van der Waals surface area contributed by atoms with Crippen LogP contribution in [-0.4, -0.2) is 32.4 Å². The molecular formula is C6H11O6P. The SMILES string of the molecule is CC(=O)OCCOP1(=O)OCCO1. The Bertz CT molecular complexity index is 217. The Labute approximate surface area is 75.7 Å². The molecule has 0 unspecified atom stereocenters. The summed E-state index contributed by atoms with van der Waals surface area (Å²) in [5, 5.41) is 0. The summed E-state index contributed by atoms with van der Waals surface area (Å²) in [7, 11) is -3.32. The molecule has 6 nitrogen and oxygen atoms in total. The van der Waals surface area contributed by atoms with Gasteiger partial charge in [0.2, 0.25) is 0 Å². The van der Waals surface area contributed by atoms with Crippen LogP contribution in [0.4, 0.5) is 0 Å². The van der Waals surface area contributed by atoms with Crippen molar-refractivity contribution in [3.05, 3.63) is 0 Å². The van der Waals surface area contributed by atoms with Crippen LogP contribution in [0, 0.1) is 0 Å². The first-order valence-electron chi connectivity index (χ1n) is 3.79. The third kappa shape index (κ3) is 3.87. The maximum absolute atomic E-state index is 11.3.